The second kappa shape index (κ2) is 7.96. The van der Waals surface area contributed by atoms with Crippen molar-refractivity contribution < 1.29 is 52.8 Å². The van der Waals surface area contributed by atoms with Crippen molar-refractivity contribution in [3.05, 3.63) is 40.4 Å². The molecule has 13 heteroatoms. The first-order valence-electron chi connectivity index (χ1n) is 6.79. The van der Waals surface area contributed by atoms with Crippen molar-refractivity contribution in [3.8, 4) is 0 Å². The van der Waals surface area contributed by atoms with E-state index in [4.69, 9.17) is 0 Å². The Hall–Kier alpha value is -1.60. The van der Waals surface area contributed by atoms with Crippen molar-refractivity contribution in [3.63, 3.8) is 0 Å². The maximum Gasteiger partial charge on any atom is 0.449 e. The minimum absolute atomic E-state index is 0.712. The summed E-state index contributed by atoms with van der Waals surface area (Å²) in [5.74, 6) is -11.3. The fourth-order valence-electron chi connectivity index (χ4n) is 2.12. The molecule has 0 aliphatic carbocycles. The van der Waals surface area contributed by atoms with Gasteiger partial charge in [-0.1, -0.05) is 0 Å². The Labute approximate surface area is 141 Å². The second-order valence-electron chi connectivity index (χ2n) is 4.56. The van der Waals surface area contributed by atoms with Gasteiger partial charge in [-0.15, -0.1) is 0 Å². The van der Waals surface area contributed by atoms with Crippen molar-refractivity contribution in [2.75, 3.05) is 13.2 Å². The van der Waals surface area contributed by atoms with Gasteiger partial charge in [0.2, 0.25) is 5.45 Å². The maximum atomic E-state index is 14.2. The first-order valence-corrected chi connectivity index (χ1v) is 8.61. The summed E-state index contributed by atoms with van der Waals surface area (Å²) in [5, 5.41) is -2.12. The number of alkyl halides is 3. The van der Waals surface area contributed by atoms with Gasteiger partial charge in [-0.3, -0.25) is 0 Å². The topological polar surface area (TPSA) is 18.5 Å². The van der Waals surface area contributed by atoms with Gasteiger partial charge in [-0.25, -0.2) is 22.0 Å². The summed E-state index contributed by atoms with van der Waals surface area (Å²) in [6, 6.07) is 0. The van der Waals surface area contributed by atoms with Gasteiger partial charge in [0.05, 0.1) is 5.19 Å². The van der Waals surface area contributed by atoms with Crippen LogP contribution in [0.25, 0.3) is 0 Å². The quantitative estimate of drug-likeness (QED) is 0.384. The molecule has 0 saturated heterocycles. The van der Waals surface area contributed by atoms with Crippen LogP contribution in [0.2, 0.25) is 0 Å². The molecule has 0 radical (unpaired) electrons. The fourth-order valence-corrected chi connectivity index (χ4v) is 4.83. The van der Waals surface area contributed by atoms with Crippen LogP contribution >= 0.6 is 0 Å². The Balaban J connectivity index is 4.04. The lowest BCUT2D eigenvalue weighted by Gasteiger charge is -2.29. The van der Waals surface area contributed by atoms with Crippen LogP contribution in [0.15, 0.2) is 11.5 Å². The van der Waals surface area contributed by atoms with E-state index in [9.17, 15) is 43.9 Å². The van der Waals surface area contributed by atoms with E-state index in [0.717, 1.165) is 13.8 Å². The fraction of sp³-hybridized carbons (Fsp3) is 0.385. The van der Waals surface area contributed by atoms with E-state index < -0.39 is 73.5 Å². The van der Waals surface area contributed by atoms with E-state index in [1.807, 2.05) is 0 Å². The third kappa shape index (κ3) is 3.73. The molecule has 0 heterocycles. The molecule has 0 atom stereocenters. The lowest BCUT2D eigenvalue weighted by Crippen LogP contribution is -2.59. The van der Waals surface area contributed by atoms with Crippen LogP contribution < -0.4 is 5.19 Å². The zero-order chi connectivity index (χ0) is 20.4. The van der Waals surface area contributed by atoms with Gasteiger partial charge in [-0.2, -0.15) is 22.0 Å². The summed E-state index contributed by atoms with van der Waals surface area (Å²) >= 11 is 0. The van der Waals surface area contributed by atoms with Crippen LogP contribution in [-0.2, 0) is 15.0 Å². The molecule has 0 saturated carbocycles. The van der Waals surface area contributed by atoms with Crippen LogP contribution in [0.1, 0.15) is 19.4 Å². The highest BCUT2D eigenvalue weighted by Crippen LogP contribution is 2.37. The van der Waals surface area contributed by atoms with Crippen molar-refractivity contribution in [1.29, 1.82) is 0 Å². The lowest BCUT2D eigenvalue weighted by atomic mass is 10.1. The van der Waals surface area contributed by atoms with Crippen LogP contribution in [0.5, 0.6) is 0 Å². The number of halogens is 10. The molecule has 26 heavy (non-hydrogen) atoms. The van der Waals surface area contributed by atoms with Crippen molar-refractivity contribution >= 4 is 13.7 Å². The molecule has 0 amide bonds. The molecule has 148 valence electrons. The molecule has 0 N–H and O–H groups in total. The van der Waals surface area contributed by atoms with Gasteiger partial charge in [0.15, 0.2) is 23.3 Å². The summed E-state index contributed by atoms with van der Waals surface area (Å²) in [7, 11) is -5.71. The van der Waals surface area contributed by atoms with Gasteiger partial charge >= 0.3 is 20.8 Å². The highest BCUT2D eigenvalue weighted by Gasteiger charge is 2.55. The van der Waals surface area contributed by atoms with Crippen LogP contribution in [0.3, 0.4) is 0 Å². The summed E-state index contributed by atoms with van der Waals surface area (Å²) in [6.07, 6.45) is -9.02. The zero-order valence-electron chi connectivity index (χ0n) is 13.0. The average Bonchev–Trinajstić information content (AvgIpc) is 2.51. The molecular weight excluding hydrogens is 406 g/mol. The van der Waals surface area contributed by atoms with E-state index in [2.05, 4.69) is 8.85 Å². The Kier molecular flexibility index (Phi) is 6.87. The summed E-state index contributed by atoms with van der Waals surface area (Å²) < 4.78 is 142. The molecule has 1 aromatic carbocycles. The highest BCUT2D eigenvalue weighted by molar-refractivity contribution is 6.87. The lowest BCUT2D eigenvalue weighted by molar-refractivity contribution is -0.143. The number of rotatable bonds is 6. The first-order chi connectivity index (χ1) is 11.9. The smallest absolute Gasteiger partial charge is 0.386 e. The monoisotopic (exact) mass is 416 g/mol. The van der Waals surface area contributed by atoms with Crippen molar-refractivity contribution in [2.45, 2.75) is 20.0 Å². The third-order valence-electron chi connectivity index (χ3n) is 3.03. The van der Waals surface area contributed by atoms with Crippen LogP contribution in [0.4, 0.5) is 43.9 Å². The van der Waals surface area contributed by atoms with E-state index in [-0.39, 0.29) is 0 Å². The molecule has 0 fully saturated rings. The van der Waals surface area contributed by atoms with Crippen LogP contribution in [0, 0.1) is 23.3 Å². The Morgan fingerprint density at radius 1 is 0.808 bits per heavy atom. The van der Waals surface area contributed by atoms with Crippen molar-refractivity contribution in [1.82, 2.24) is 0 Å². The number of hydrogen-bond acceptors (Lipinski definition) is 2. The minimum Gasteiger partial charge on any atom is -0.386 e. The van der Waals surface area contributed by atoms with Gasteiger partial charge in [-0.05, 0) is 13.8 Å². The molecule has 0 aliphatic heterocycles. The number of hydrogen-bond donors (Lipinski definition) is 0. The van der Waals surface area contributed by atoms with Crippen molar-refractivity contribution in [2.24, 2.45) is 0 Å². The normalized spacial score (nSPS) is 12.5. The Morgan fingerprint density at radius 2 is 1.19 bits per heavy atom. The predicted molar refractivity (Wildman–Crippen MR) is 70.3 cm³/mol. The zero-order valence-corrected chi connectivity index (χ0v) is 14.0. The predicted octanol–water partition coefficient (Wildman–Crippen LogP) is 4.60. The standard InChI is InChI=1S/C13H10F10O2Si/c1-3-24-26(25-4-2,12(20)11(18)19)10-8(16)6(14)5(13(21,22)23)7(15)9(10)17/h3-4H2,1-2H3. The highest BCUT2D eigenvalue weighted by atomic mass is 28.4. The largest absolute Gasteiger partial charge is 0.449 e. The molecular formula is C13H10F10O2Si. The SMILES string of the molecule is CCO[Si](OCC)(C(F)=C(F)F)c1c(F)c(F)c(C(F)(F)F)c(F)c1F. The van der Waals surface area contributed by atoms with E-state index in [1.54, 1.807) is 0 Å². The maximum absolute atomic E-state index is 14.2. The molecule has 0 unspecified atom stereocenters. The molecule has 0 spiro atoms. The van der Waals surface area contributed by atoms with Gasteiger partial charge in [0, 0.05) is 13.2 Å². The second-order valence-corrected chi connectivity index (χ2v) is 7.31. The molecule has 0 aromatic heterocycles. The minimum atomic E-state index is -5.85. The molecule has 1 aromatic rings. The molecule has 2 nitrogen and oxygen atoms in total. The summed E-state index contributed by atoms with van der Waals surface area (Å²) in [4.78, 5) is 0. The van der Waals surface area contributed by atoms with E-state index in [0.29, 0.717) is 0 Å². The third-order valence-corrected chi connectivity index (χ3v) is 6.28. The summed E-state index contributed by atoms with van der Waals surface area (Å²) in [5.41, 5.74) is -5.57. The summed E-state index contributed by atoms with van der Waals surface area (Å²) in [6.45, 7) is 0.680. The first kappa shape index (κ1) is 22.4. The number of benzene rings is 1. The molecule has 1 rings (SSSR count). The Bertz CT molecular complexity index is 677. The van der Waals surface area contributed by atoms with Gasteiger partial charge in [0.1, 0.15) is 5.56 Å². The Morgan fingerprint density at radius 3 is 1.46 bits per heavy atom. The van der Waals surface area contributed by atoms with Gasteiger partial charge in [0.25, 0.3) is 0 Å². The van der Waals surface area contributed by atoms with Gasteiger partial charge < -0.3 is 8.85 Å². The average molecular weight is 416 g/mol. The van der Waals surface area contributed by atoms with Crippen LogP contribution in [-0.4, -0.2) is 21.8 Å². The molecule has 0 aliphatic rings. The van der Waals surface area contributed by atoms with E-state index in [1.165, 1.54) is 0 Å². The molecule has 0 bridgehead atoms. The van der Waals surface area contributed by atoms with E-state index >= 15 is 0 Å².